The summed E-state index contributed by atoms with van der Waals surface area (Å²) in [5.74, 6) is -0.944. The molecule has 0 aromatic heterocycles. The van der Waals surface area contributed by atoms with E-state index in [0.29, 0.717) is 0 Å². The fourth-order valence-corrected chi connectivity index (χ4v) is 1.32. The summed E-state index contributed by atoms with van der Waals surface area (Å²) in [5, 5.41) is 8.91. The van der Waals surface area contributed by atoms with Gasteiger partial charge in [-0.1, -0.05) is 11.6 Å². The van der Waals surface area contributed by atoms with Crippen LogP contribution in [0.3, 0.4) is 0 Å². The highest BCUT2D eigenvalue weighted by Crippen LogP contribution is 2.30. The fraction of sp³-hybridized carbons (Fsp3) is 0.333. The first-order chi connectivity index (χ1) is 7.23. The molecule has 17 heavy (non-hydrogen) atoms. The van der Waals surface area contributed by atoms with Crippen molar-refractivity contribution in [1.29, 1.82) is 0 Å². The minimum Gasteiger partial charge on any atom is -0.382 e. The maximum Gasteiger partial charge on any atom is 0.416 e. The van der Waals surface area contributed by atoms with E-state index in [4.69, 9.17) is 22.4 Å². The Labute approximate surface area is 106 Å². The Bertz CT molecular complexity index is 386. The van der Waals surface area contributed by atoms with E-state index in [2.05, 4.69) is 0 Å². The maximum atomic E-state index is 13.2. The van der Waals surface area contributed by atoms with Crippen molar-refractivity contribution in [3.63, 3.8) is 0 Å². The molecule has 0 unspecified atom stereocenters. The normalized spacial score (nSPS) is 15.0. The highest BCUT2D eigenvalue weighted by atomic mass is 35.5. The molecule has 0 spiro atoms. The lowest BCUT2D eigenvalue weighted by Crippen LogP contribution is -2.39. The van der Waals surface area contributed by atoms with E-state index in [0.717, 1.165) is 12.1 Å². The van der Waals surface area contributed by atoms with E-state index in [1.807, 2.05) is 0 Å². The van der Waals surface area contributed by atoms with Crippen molar-refractivity contribution in [3.8, 4) is 0 Å². The van der Waals surface area contributed by atoms with Gasteiger partial charge in [0.1, 0.15) is 5.82 Å². The van der Waals surface area contributed by atoms with Gasteiger partial charge in [-0.25, -0.2) is 4.39 Å². The second-order valence-corrected chi connectivity index (χ2v) is 3.61. The van der Waals surface area contributed by atoms with Gasteiger partial charge in [-0.2, -0.15) is 13.2 Å². The summed E-state index contributed by atoms with van der Waals surface area (Å²) < 4.78 is 49.5. The minimum atomic E-state index is -4.91. The molecule has 0 saturated heterocycles. The summed E-state index contributed by atoms with van der Waals surface area (Å²) in [6, 6.07) is 1.11. The van der Waals surface area contributed by atoms with Crippen LogP contribution in [0.5, 0.6) is 0 Å². The molecule has 0 aliphatic heterocycles. The number of aliphatic hydroxyl groups is 1. The Morgan fingerprint density at radius 1 is 1.29 bits per heavy atom. The van der Waals surface area contributed by atoms with Gasteiger partial charge in [-0.15, -0.1) is 12.4 Å². The van der Waals surface area contributed by atoms with Crippen LogP contribution in [0, 0.1) is 5.82 Å². The van der Waals surface area contributed by atoms with E-state index in [1.54, 1.807) is 0 Å². The van der Waals surface area contributed by atoms with Crippen LogP contribution in [-0.2, 0) is 0 Å². The van der Waals surface area contributed by atoms with Gasteiger partial charge in [0.2, 0.25) is 0 Å². The molecule has 0 amide bonds. The van der Waals surface area contributed by atoms with Gasteiger partial charge in [0.25, 0.3) is 0 Å². The predicted octanol–water partition coefficient (Wildman–Crippen LogP) is 2.82. The first-order valence-corrected chi connectivity index (χ1v) is 4.56. The van der Waals surface area contributed by atoms with Crippen LogP contribution in [0.2, 0.25) is 5.02 Å². The van der Waals surface area contributed by atoms with E-state index < -0.39 is 29.7 Å². The lowest BCUT2D eigenvalue weighted by molar-refractivity contribution is -0.210. The van der Waals surface area contributed by atoms with Crippen LogP contribution in [-0.4, -0.2) is 17.4 Å². The standard InChI is InChI=1S/C9H8ClF4NO.ClH/c10-4-1-2-6(11)5(3-4)7(15)8(16)9(12,13)14;/h1-3,7-8,16H,15H2;1H/t7-,8-;/m1./s1. The number of nitrogens with two attached hydrogens (primary N) is 1. The maximum absolute atomic E-state index is 13.2. The highest BCUT2D eigenvalue weighted by Gasteiger charge is 2.43. The molecular formula is C9H9Cl2F4NO. The first-order valence-electron chi connectivity index (χ1n) is 4.19. The van der Waals surface area contributed by atoms with E-state index in [1.165, 1.54) is 6.07 Å². The molecule has 0 fully saturated rings. The van der Waals surface area contributed by atoms with Gasteiger partial charge in [0.15, 0.2) is 6.10 Å². The van der Waals surface area contributed by atoms with Crippen LogP contribution >= 0.6 is 24.0 Å². The molecular weight excluding hydrogens is 285 g/mol. The molecule has 0 saturated carbocycles. The lowest BCUT2D eigenvalue weighted by Gasteiger charge is -2.22. The largest absolute Gasteiger partial charge is 0.416 e. The number of rotatable bonds is 2. The first kappa shape index (κ1) is 16.4. The van der Waals surface area contributed by atoms with Gasteiger partial charge >= 0.3 is 6.18 Å². The average Bonchev–Trinajstić information content (AvgIpc) is 2.18. The molecule has 2 nitrogen and oxygen atoms in total. The quantitative estimate of drug-likeness (QED) is 0.824. The number of hydrogen-bond acceptors (Lipinski definition) is 2. The van der Waals surface area contributed by atoms with Crippen molar-refractivity contribution < 1.29 is 22.7 Å². The molecule has 98 valence electrons. The number of benzene rings is 1. The molecule has 3 N–H and O–H groups in total. The Hall–Kier alpha value is -0.560. The van der Waals surface area contributed by atoms with E-state index >= 15 is 0 Å². The molecule has 0 radical (unpaired) electrons. The Morgan fingerprint density at radius 3 is 2.29 bits per heavy atom. The minimum absolute atomic E-state index is 0. The summed E-state index contributed by atoms with van der Waals surface area (Å²) in [5.41, 5.74) is 4.65. The predicted molar refractivity (Wildman–Crippen MR) is 57.6 cm³/mol. The van der Waals surface area contributed by atoms with Crippen molar-refractivity contribution >= 4 is 24.0 Å². The smallest absolute Gasteiger partial charge is 0.382 e. The van der Waals surface area contributed by atoms with Crippen LogP contribution in [0.1, 0.15) is 11.6 Å². The molecule has 2 atom stereocenters. The van der Waals surface area contributed by atoms with Gasteiger partial charge in [-0.3, -0.25) is 0 Å². The van der Waals surface area contributed by atoms with E-state index in [9.17, 15) is 17.6 Å². The van der Waals surface area contributed by atoms with Gasteiger partial charge in [-0.05, 0) is 18.2 Å². The Kier molecular flexibility index (Phi) is 5.67. The van der Waals surface area contributed by atoms with Crippen LogP contribution in [0.4, 0.5) is 17.6 Å². The number of halogens is 6. The van der Waals surface area contributed by atoms with E-state index in [-0.39, 0.29) is 17.4 Å². The zero-order valence-electron chi connectivity index (χ0n) is 8.21. The summed E-state index contributed by atoms with van der Waals surface area (Å²) in [7, 11) is 0. The monoisotopic (exact) mass is 293 g/mol. The summed E-state index contributed by atoms with van der Waals surface area (Å²) in [6.45, 7) is 0. The molecule has 0 bridgehead atoms. The SMILES string of the molecule is Cl.N[C@H](c1cc(Cl)ccc1F)[C@@H](O)C(F)(F)F. The molecule has 0 heterocycles. The molecule has 1 aromatic rings. The summed E-state index contributed by atoms with van der Waals surface area (Å²) in [4.78, 5) is 0. The average molecular weight is 294 g/mol. The third-order valence-electron chi connectivity index (χ3n) is 1.99. The third kappa shape index (κ3) is 3.99. The molecule has 1 aromatic carbocycles. The second kappa shape index (κ2) is 5.86. The Balaban J connectivity index is 0.00000256. The van der Waals surface area contributed by atoms with Crippen molar-refractivity contribution in [3.05, 3.63) is 34.6 Å². The lowest BCUT2D eigenvalue weighted by atomic mass is 10.0. The van der Waals surface area contributed by atoms with Crippen LogP contribution in [0.15, 0.2) is 18.2 Å². The number of aliphatic hydroxyl groups excluding tert-OH is 1. The molecule has 0 aliphatic rings. The zero-order chi connectivity index (χ0) is 12.5. The van der Waals surface area contributed by atoms with Crippen molar-refractivity contribution in [2.75, 3.05) is 0 Å². The number of hydrogen-bond donors (Lipinski definition) is 2. The summed E-state index contributed by atoms with van der Waals surface area (Å²) in [6.07, 6.45) is -7.74. The second-order valence-electron chi connectivity index (χ2n) is 3.18. The molecule has 0 aliphatic carbocycles. The number of alkyl halides is 3. The molecule has 8 heteroatoms. The summed E-state index contributed by atoms with van der Waals surface area (Å²) >= 11 is 5.49. The zero-order valence-corrected chi connectivity index (χ0v) is 9.78. The fourth-order valence-electron chi connectivity index (χ4n) is 1.14. The van der Waals surface area contributed by atoms with Crippen molar-refractivity contribution in [2.24, 2.45) is 5.73 Å². The van der Waals surface area contributed by atoms with Crippen LogP contribution in [0.25, 0.3) is 0 Å². The van der Waals surface area contributed by atoms with Gasteiger partial charge in [0, 0.05) is 10.6 Å². The highest BCUT2D eigenvalue weighted by molar-refractivity contribution is 6.30. The topological polar surface area (TPSA) is 46.2 Å². The Morgan fingerprint density at radius 2 is 1.82 bits per heavy atom. The van der Waals surface area contributed by atoms with Crippen molar-refractivity contribution in [2.45, 2.75) is 18.3 Å². The molecule has 1 rings (SSSR count). The van der Waals surface area contributed by atoms with Crippen LogP contribution < -0.4 is 5.73 Å². The van der Waals surface area contributed by atoms with Crippen molar-refractivity contribution in [1.82, 2.24) is 0 Å². The van der Waals surface area contributed by atoms with Gasteiger partial charge in [0.05, 0.1) is 6.04 Å². The van der Waals surface area contributed by atoms with Gasteiger partial charge < -0.3 is 10.8 Å². The third-order valence-corrected chi connectivity index (χ3v) is 2.23.